The molecule has 0 atom stereocenters. The summed E-state index contributed by atoms with van der Waals surface area (Å²) in [6, 6.07) is 13.4. The maximum Gasteiger partial charge on any atom is 0.338 e. The van der Waals surface area contributed by atoms with Crippen molar-refractivity contribution in [3.63, 3.8) is 0 Å². The Morgan fingerprint density at radius 2 is 1.96 bits per heavy atom. The molecule has 7 heteroatoms. The Morgan fingerprint density at radius 1 is 1.25 bits per heavy atom. The summed E-state index contributed by atoms with van der Waals surface area (Å²) in [5.74, 6) is -0.259. The van der Waals surface area contributed by atoms with E-state index in [1.54, 1.807) is 55.5 Å². The van der Waals surface area contributed by atoms with Crippen molar-refractivity contribution in [2.45, 2.75) is 6.92 Å². The van der Waals surface area contributed by atoms with Gasteiger partial charge in [0, 0.05) is 12.1 Å². The number of aromatic nitrogens is 2. The number of rotatable bonds is 4. The summed E-state index contributed by atoms with van der Waals surface area (Å²) in [5.41, 5.74) is 7.84. The van der Waals surface area contributed by atoms with Gasteiger partial charge >= 0.3 is 17.5 Å². The summed E-state index contributed by atoms with van der Waals surface area (Å²) in [6.07, 6.45) is 0. The predicted octanol–water partition coefficient (Wildman–Crippen LogP) is 2.08. The number of hydrogen-bond donors (Lipinski definition) is 2. The van der Waals surface area contributed by atoms with Crippen LogP contribution in [0.15, 0.2) is 53.1 Å². The van der Waals surface area contributed by atoms with Gasteiger partial charge in [0.15, 0.2) is 0 Å². The van der Waals surface area contributed by atoms with Crippen LogP contribution in [0.2, 0.25) is 0 Å². The van der Waals surface area contributed by atoms with E-state index in [-0.39, 0.29) is 11.6 Å². The molecule has 0 unspecified atom stereocenters. The highest BCUT2D eigenvalue weighted by Gasteiger charge is 2.29. The van der Waals surface area contributed by atoms with Gasteiger partial charge in [-0.2, -0.15) is 0 Å². The maximum atomic E-state index is 11.7. The summed E-state index contributed by atoms with van der Waals surface area (Å²) >= 11 is 0. The number of hydrogen-bond acceptors (Lipinski definition) is 6. The summed E-state index contributed by atoms with van der Waals surface area (Å²) in [4.78, 5) is 11.7. The first-order valence-corrected chi connectivity index (χ1v) is 7.35. The zero-order chi connectivity index (χ0) is 17.1. The molecule has 0 aliphatic carbocycles. The average molecular weight is 326 g/mol. The summed E-state index contributed by atoms with van der Waals surface area (Å²) in [6.45, 7) is 2.06. The van der Waals surface area contributed by atoms with Crippen molar-refractivity contribution in [1.29, 1.82) is 0 Å². The van der Waals surface area contributed by atoms with Gasteiger partial charge in [-0.25, -0.2) is 4.79 Å². The SMILES string of the molecule is CCOC(=O)c1ccc(-[n+]2noc(N)c2-c2ccccc2O)cc1. The Kier molecular flexibility index (Phi) is 4.15. The molecule has 3 rings (SSSR count). The van der Waals surface area contributed by atoms with Crippen LogP contribution in [-0.2, 0) is 4.74 Å². The highest BCUT2D eigenvalue weighted by molar-refractivity contribution is 5.89. The van der Waals surface area contributed by atoms with Crippen LogP contribution in [0.1, 0.15) is 17.3 Å². The zero-order valence-corrected chi connectivity index (χ0v) is 13.0. The quantitative estimate of drug-likeness (QED) is 0.562. The first-order chi connectivity index (χ1) is 11.6. The van der Waals surface area contributed by atoms with E-state index < -0.39 is 5.97 Å². The lowest BCUT2D eigenvalue weighted by Crippen LogP contribution is -2.34. The van der Waals surface area contributed by atoms with Crippen molar-refractivity contribution in [2.24, 2.45) is 0 Å². The van der Waals surface area contributed by atoms with Gasteiger partial charge in [-0.15, -0.1) is 0 Å². The number of aromatic hydroxyl groups is 1. The van der Waals surface area contributed by atoms with Crippen molar-refractivity contribution in [1.82, 2.24) is 5.27 Å². The fourth-order valence-corrected chi connectivity index (χ4v) is 2.32. The van der Waals surface area contributed by atoms with Crippen molar-refractivity contribution in [3.05, 3.63) is 54.1 Å². The van der Waals surface area contributed by atoms with Crippen LogP contribution in [0.4, 0.5) is 5.88 Å². The number of anilines is 1. The van der Waals surface area contributed by atoms with Crippen LogP contribution >= 0.6 is 0 Å². The van der Waals surface area contributed by atoms with Crippen LogP contribution in [0.25, 0.3) is 16.9 Å². The van der Waals surface area contributed by atoms with E-state index >= 15 is 0 Å². The normalized spacial score (nSPS) is 10.5. The minimum atomic E-state index is -0.394. The number of ether oxygens (including phenoxy) is 1. The van der Waals surface area contributed by atoms with Crippen LogP contribution in [0.5, 0.6) is 5.75 Å². The number of phenols is 1. The van der Waals surface area contributed by atoms with Gasteiger partial charge in [0.2, 0.25) is 11.0 Å². The van der Waals surface area contributed by atoms with Gasteiger partial charge in [-0.3, -0.25) is 4.52 Å². The molecule has 0 radical (unpaired) electrons. The van der Waals surface area contributed by atoms with Crippen molar-refractivity contribution in [2.75, 3.05) is 12.3 Å². The smallest absolute Gasteiger partial charge is 0.338 e. The molecular formula is C17H16N3O4+. The molecule has 3 N–H and O–H groups in total. The second kappa shape index (κ2) is 6.41. The number of carbonyl (C=O) groups is 1. The van der Waals surface area contributed by atoms with E-state index in [0.29, 0.717) is 29.1 Å². The topological polar surface area (TPSA) is 102 Å². The van der Waals surface area contributed by atoms with Crippen LogP contribution in [0, 0.1) is 0 Å². The van der Waals surface area contributed by atoms with E-state index in [4.69, 9.17) is 15.0 Å². The monoisotopic (exact) mass is 326 g/mol. The third-order valence-corrected chi connectivity index (χ3v) is 3.45. The molecule has 7 nitrogen and oxygen atoms in total. The van der Waals surface area contributed by atoms with Crippen LogP contribution in [-0.4, -0.2) is 23.0 Å². The third-order valence-electron chi connectivity index (χ3n) is 3.45. The first-order valence-electron chi connectivity index (χ1n) is 7.35. The van der Waals surface area contributed by atoms with Gasteiger partial charge in [0.1, 0.15) is 5.75 Å². The molecule has 0 saturated heterocycles. The molecular weight excluding hydrogens is 310 g/mol. The Hall–Kier alpha value is -3.35. The van der Waals surface area contributed by atoms with Crippen molar-refractivity contribution in [3.8, 4) is 22.7 Å². The molecule has 0 amide bonds. The number of nitrogen functional groups attached to an aromatic ring is 1. The highest BCUT2D eigenvalue weighted by Crippen LogP contribution is 2.30. The van der Waals surface area contributed by atoms with Crippen molar-refractivity contribution < 1.29 is 23.8 Å². The fraction of sp³-hybridized carbons (Fsp3) is 0.118. The molecule has 3 aromatic rings. The van der Waals surface area contributed by atoms with E-state index in [1.807, 2.05) is 0 Å². The molecule has 2 aromatic carbocycles. The Bertz CT molecular complexity index is 872. The van der Waals surface area contributed by atoms with Crippen LogP contribution in [0.3, 0.4) is 0 Å². The van der Waals surface area contributed by atoms with Gasteiger partial charge in [-0.05, 0) is 35.9 Å². The average Bonchev–Trinajstić information content (AvgIpc) is 2.97. The summed E-state index contributed by atoms with van der Waals surface area (Å²) < 4.78 is 11.5. The standard InChI is InChI=1S/C17H15N3O4/c1-2-23-17(22)11-7-9-12(10-8-11)20-15(16(18)24-19-20)13-5-3-4-6-14(13)21/h3-10,18-19H,2H2,1H3/p+1. The Balaban J connectivity index is 2.03. The molecule has 122 valence electrons. The number of nitrogens with two attached hydrogens (primary N) is 1. The molecule has 0 fully saturated rings. The predicted molar refractivity (Wildman–Crippen MR) is 85.5 cm³/mol. The molecule has 1 aromatic heterocycles. The van der Waals surface area contributed by atoms with Gasteiger partial charge in [-0.1, -0.05) is 12.1 Å². The number of carbonyl (C=O) groups excluding carboxylic acids is 1. The fourth-order valence-electron chi connectivity index (χ4n) is 2.32. The van der Waals surface area contributed by atoms with Gasteiger partial charge in [0.05, 0.1) is 17.7 Å². The van der Waals surface area contributed by atoms with E-state index in [2.05, 4.69) is 5.27 Å². The molecule has 0 aliphatic rings. The number of benzene rings is 2. The third kappa shape index (κ3) is 2.79. The Labute approximate surface area is 137 Å². The van der Waals surface area contributed by atoms with Crippen LogP contribution < -0.4 is 10.4 Å². The highest BCUT2D eigenvalue weighted by atomic mass is 16.5. The Morgan fingerprint density at radius 3 is 2.62 bits per heavy atom. The van der Waals surface area contributed by atoms with Crippen molar-refractivity contribution >= 4 is 11.9 Å². The summed E-state index contributed by atoms with van der Waals surface area (Å²) in [7, 11) is 0. The molecule has 0 spiro atoms. The lowest BCUT2D eigenvalue weighted by molar-refractivity contribution is -0.660. The molecule has 1 heterocycles. The van der Waals surface area contributed by atoms with E-state index in [1.165, 1.54) is 4.68 Å². The number of esters is 1. The summed E-state index contributed by atoms with van der Waals surface area (Å²) in [5, 5.41) is 14.0. The molecule has 24 heavy (non-hydrogen) atoms. The number of phenolic OH excluding ortho intramolecular Hbond substituents is 1. The zero-order valence-electron chi connectivity index (χ0n) is 13.0. The minimum absolute atomic E-state index is 0.0595. The second-order valence-corrected chi connectivity index (χ2v) is 4.98. The first kappa shape index (κ1) is 15.5. The van der Waals surface area contributed by atoms with Gasteiger partial charge in [0.25, 0.3) is 0 Å². The lowest BCUT2D eigenvalue weighted by atomic mass is 10.1. The number of para-hydroxylation sites is 1. The maximum absolute atomic E-state index is 11.7. The van der Waals surface area contributed by atoms with E-state index in [9.17, 15) is 9.90 Å². The lowest BCUT2D eigenvalue weighted by Gasteiger charge is -2.01. The number of nitrogens with zero attached hydrogens (tertiary/aromatic N) is 2. The second-order valence-electron chi connectivity index (χ2n) is 4.98. The molecule has 0 aliphatic heterocycles. The largest absolute Gasteiger partial charge is 0.507 e. The van der Waals surface area contributed by atoms with E-state index in [0.717, 1.165) is 0 Å². The molecule has 0 saturated carbocycles. The molecule has 0 bridgehead atoms. The minimum Gasteiger partial charge on any atom is -0.507 e. The van der Waals surface area contributed by atoms with Gasteiger partial charge < -0.3 is 15.6 Å².